The summed E-state index contributed by atoms with van der Waals surface area (Å²) in [5, 5.41) is 9.79. The lowest BCUT2D eigenvalue weighted by Crippen LogP contribution is -2.33. The van der Waals surface area contributed by atoms with Gasteiger partial charge in [0.05, 0.1) is 6.20 Å². The maximum atomic E-state index is 11.8. The van der Waals surface area contributed by atoms with Crippen molar-refractivity contribution in [3.63, 3.8) is 0 Å². The highest BCUT2D eigenvalue weighted by Crippen LogP contribution is 2.02. The van der Waals surface area contributed by atoms with Gasteiger partial charge in [-0.2, -0.15) is 15.4 Å². The number of carbonyl (C=O) groups is 1. The minimum Gasteiger partial charge on any atom is -0.336 e. The molecule has 0 aliphatic heterocycles. The molecule has 15 heavy (non-hydrogen) atoms. The van der Waals surface area contributed by atoms with Gasteiger partial charge in [0.15, 0.2) is 5.69 Å². The number of hydrogen-bond donors (Lipinski definition) is 1. The molecule has 0 radical (unpaired) electrons. The number of aromatic nitrogens is 3. The molecule has 84 valence electrons. The SMILES string of the molecule is CCCCN(CCCl)C(=O)c1cn[nH]n1. The third-order valence-electron chi connectivity index (χ3n) is 2.06. The first-order valence-electron chi connectivity index (χ1n) is 5.00. The number of alkyl halides is 1. The lowest BCUT2D eigenvalue weighted by Gasteiger charge is -2.19. The normalized spacial score (nSPS) is 10.3. The summed E-state index contributed by atoms with van der Waals surface area (Å²) < 4.78 is 0. The van der Waals surface area contributed by atoms with Crippen molar-refractivity contribution in [3.05, 3.63) is 11.9 Å². The maximum Gasteiger partial charge on any atom is 0.276 e. The van der Waals surface area contributed by atoms with Gasteiger partial charge in [0.2, 0.25) is 0 Å². The highest BCUT2D eigenvalue weighted by molar-refractivity contribution is 6.18. The summed E-state index contributed by atoms with van der Waals surface area (Å²) in [4.78, 5) is 13.5. The Labute approximate surface area is 93.8 Å². The summed E-state index contributed by atoms with van der Waals surface area (Å²) in [5.41, 5.74) is 0.344. The van der Waals surface area contributed by atoms with E-state index in [1.165, 1.54) is 6.20 Å². The molecule has 0 saturated carbocycles. The Bertz CT molecular complexity index is 288. The molecule has 0 fully saturated rings. The van der Waals surface area contributed by atoms with Crippen LogP contribution in [-0.2, 0) is 0 Å². The van der Waals surface area contributed by atoms with Crippen LogP contribution >= 0.6 is 11.6 Å². The Balaban J connectivity index is 2.58. The lowest BCUT2D eigenvalue weighted by atomic mass is 10.3. The summed E-state index contributed by atoms with van der Waals surface area (Å²) >= 11 is 5.64. The van der Waals surface area contributed by atoms with Gasteiger partial charge in [0.25, 0.3) is 5.91 Å². The molecular weight excluding hydrogens is 216 g/mol. The van der Waals surface area contributed by atoms with Gasteiger partial charge in [0, 0.05) is 19.0 Å². The maximum absolute atomic E-state index is 11.8. The van der Waals surface area contributed by atoms with Crippen molar-refractivity contribution in [3.8, 4) is 0 Å². The molecule has 1 aromatic heterocycles. The minimum absolute atomic E-state index is 0.113. The molecule has 1 rings (SSSR count). The molecular formula is C9H15ClN4O. The molecule has 1 amide bonds. The van der Waals surface area contributed by atoms with Crippen LogP contribution in [0.5, 0.6) is 0 Å². The van der Waals surface area contributed by atoms with Gasteiger partial charge in [0.1, 0.15) is 0 Å². The van der Waals surface area contributed by atoms with E-state index in [2.05, 4.69) is 22.3 Å². The number of H-pyrrole nitrogens is 1. The van der Waals surface area contributed by atoms with Crippen molar-refractivity contribution < 1.29 is 4.79 Å². The van der Waals surface area contributed by atoms with Gasteiger partial charge in [-0.25, -0.2) is 0 Å². The zero-order valence-corrected chi connectivity index (χ0v) is 9.50. The minimum atomic E-state index is -0.113. The molecule has 0 atom stereocenters. The molecule has 1 N–H and O–H groups in total. The lowest BCUT2D eigenvalue weighted by molar-refractivity contribution is 0.0757. The van der Waals surface area contributed by atoms with E-state index in [-0.39, 0.29) is 5.91 Å². The number of amides is 1. The molecule has 0 bridgehead atoms. The van der Waals surface area contributed by atoms with E-state index >= 15 is 0 Å². The molecule has 0 aliphatic carbocycles. The molecule has 0 aliphatic rings. The smallest absolute Gasteiger partial charge is 0.276 e. The Morgan fingerprint density at radius 2 is 2.40 bits per heavy atom. The zero-order valence-electron chi connectivity index (χ0n) is 8.74. The summed E-state index contributed by atoms with van der Waals surface area (Å²) in [5.74, 6) is 0.325. The predicted octanol–water partition coefficient (Wildman–Crippen LogP) is 1.29. The van der Waals surface area contributed by atoms with Crippen molar-refractivity contribution in [2.45, 2.75) is 19.8 Å². The molecule has 0 unspecified atom stereocenters. The van der Waals surface area contributed by atoms with Crippen LogP contribution in [0.4, 0.5) is 0 Å². The number of rotatable bonds is 6. The van der Waals surface area contributed by atoms with Crippen LogP contribution in [0.2, 0.25) is 0 Å². The fourth-order valence-corrected chi connectivity index (χ4v) is 1.44. The number of aromatic amines is 1. The highest BCUT2D eigenvalue weighted by atomic mass is 35.5. The number of hydrogen-bond acceptors (Lipinski definition) is 3. The van der Waals surface area contributed by atoms with Crippen LogP contribution in [0.1, 0.15) is 30.3 Å². The summed E-state index contributed by atoms with van der Waals surface area (Å²) in [6.07, 6.45) is 3.45. The molecule has 1 aromatic rings. The van der Waals surface area contributed by atoms with Gasteiger partial charge in [-0.05, 0) is 6.42 Å². The number of halogens is 1. The van der Waals surface area contributed by atoms with Crippen molar-refractivity contribution in [2.75, 3.05) is 19.0 Å². The Kier molecular flexibility index (Phi) is 5.10. The van der Waals surface area contributed by atoms with E-state index in [1.807, 2.05) is 0 Å². The van der Waals surface area contributed by atoms with Crippen LogP contribution < -0.4 is 0 Å². The quantitative estimate of drug-likeness (QED) is 0.749. The van der Waals surface area contributed by atoms with Gasteiger partial charge in [-0.15, -0.1) is 11.6 Å². The van der Waals surface area contributed by atoms with E-state index in [1.54, 1.807) is 4.90 Å². The van der Waals surface area contributed by atoms with Gasteiger partial charge >= 0.3 is 0 Å². The van der Waals surface area contributed by atoms with Crippen molar-refractivity contribution in [2.24, 2.45) is 0 Å². The molecule has 6 heteroatoms. The Hall–Kier alpha value is -1.10. The van der Waals surface area contributed by atoms with E-state index in [4.69, 9.17) is 11.6 Å². The van der Waals surface area contributed by atoms with E-state index < -0.39 is 0 Å². The van der Waals surface area contributed by atoms with Crippen LogP contribution in [0.3, 0.4) is 0 Å². The summed E-state index contributed by atoms with van der Waals surface area (Å²) in [7, 11) is 0. The molecule has 0 aromatic carbocycles. The Morgan fingerprint density at radius 1 is 1.60 bits per heavy atom. The number of nitrogens with zero attached hydrogens (tertiary/aromatic N) is 3. The third kappa shape index (κ3) is 3.51. The van der Waals surface area contributed by atoms with Gasteiger partial charge < -0.3 is 4.90 Å². The van der Waals surface area contributed by atoms with Gasteiger partial charge in [-0.1, -0.05) is 13.3 Å². The predicted molar refractivity (Wildman–Crippen MR) is 57.9 cm³/mol. The standard InChI is InChI=1S/C9H15ClN4O/c1-2-3-5-14(6-4-10)9(15)8-7-11-13-12-8/h7H,2-6H2,1H3,(H,11,12,13). The average Bonchev–Trinajstić information content (AvgIpc) is 2.76. The Morgan fingerprint density at radius 3 is 2.93 bits per heavy atom. The van der Waals surface area contributed by atoms with Crippen LogP contribution in [0, 0.1) is 0 Å². The largest absolute Gasteiger partial charge is 0.336 e. The number of unbranched alkanes of at least 4 members (excludes halogenated alkanes) is 1. The number of carbonyl (C=O) groups excluding carboxylic acids is 1. The molecule has 0 saturated heterocycles. The second kappa shape index (κ2) is 6.40. The zero-order chi connectivity index (χ0) is 11.1. The van der Waals surface area contributed by atoms with E-state index in [0.29, 0.717) is 18.1 Å². The summed E-state index contributed by atoms with van der Waals surface area (Å²) in [6.45, 7) is 3.35. The van der Waals surface area contributed by atoms with Crippen molar-refractivity contribution in [1.82, 2.24) is 20.3 Å². The molecule has 0 spiro atoms. The van der Waals surface area contributed by atoms with Gasteiger partial charge in [-0.3, -0.25) is 4.79 Å². The number of nitrogens with one attached hydrogen (secondary N) is 1. The van der Waals surface area contributed by atoms with E-state index in [0.717, 1.165) is 19.4 Å². The van der Waals surface area contributed by atoms with Crippen LogP contribution in [0.15, 0.2) is 6.20 Å². The topological polar surface area (TPSA) is 61.9 Å². The fraction of sp³-hybridized carbons (Fsp3) is 0.667. The van der Waals surface area contributed by atoms with Crippen LogP contribution in [0.25, 0.3) is 0 Å². The first-order valence-corrected chi connectivity index (χ1v) is 5.54. The first-order chi connectivity index (χ1) is 7.29. The van der Waals surface area contributed by atoms with Crippen molar-refractivity contribution in [1.29, 1.82) is 0 Å². The average molecular weight is 231 g/mol. The van der Waals surface area contributed by atoms with Crippen molar-refractivity contribution >= 4 is 17.5 Å². The molecule has 5 nitrogen and oxygen atoms in total. The second-order valence-corrected chi connectivity index (χ2v) is 3.57. The van der Waals surface area contributed by atoms with E-state index in [9.17, 15) is 4.79 Å². The molecule has 1 heterocycles. The second-order valence-electron chi connectivity index (χ2n) is 3.19. The highest BCUT2D eigenvalue weighted by Gasteiger charge is 2.16. The fourth-order valence-electron chi connectivity index (χ4n) is 1.23. The first kappa shape index (κ1) is 12.0. The van der Waals surface area contributed by atoms with Crippen LogP contribution in [-0.4, -0.2) is 45.2 Å². The monoisotopic (exact) mass is 230 g/mol. The third-order valence-corrected chi connectivity index (χ3v) is 2.23. The summed E-state index contributed by atoms with van der Waals surface area (Å²) in [6, 6.07) is 0.